The molecule has 2 aromatic rings. The van der Waals surface area contributed by atoms with Crippen LogP contribution in [0.1, 0.15) is 5.56 Å². The van der Waals surface area contributed by atoms with Crippen molar-refractivity contribution in [2.75, 3.05) is 46.9 Å². The molecule has 2 N–H and O–H groups in total. The minimum atomic E-state index is 0. The molecule has 0 radical (unpaired) electrons. The summed E-state index contributed by atoms with van der Waals surface area (Å²) in [6.07, 6.45) is 1.70. The Kier molecular flexibility index (Phi) is 11.0. The van der Waals surface area contributed by atoms with Crippen LogP contribution in [0.5, 0.6) is 17.4 Å². The number of aromatic nitrogens is 1. The highest BCUT2D eigenvalue weighted by molar-refractivity contribution is 14.0. The molecule has 0 bridgehead atoms. The zero-order chi connectivity index (χ0) is 19.5. The van der Waals surface area contributed by atoms with Crippen molar-refractivity contribution in [2.24, 2.45) is 4.99 Å². The molecule has 9 heteroatoms. The van der Waals surface area contributed by atoms with E-state index in [9.17, 15) is 0 Å². The molecule has 28 heavy (non-hydrogen) atoms. The van der Waals surface area contributed by atoms with E-state index in [1.54, 1.807) is 34.6 Å². The second-order valence-corrected chi connectivity index (χ2v) is 5.43. The lowest BCUT2D eigenvalue weighted by molar-refractivity contribution is 0.143. The summed E-state index contributed by atoms with van der Waals surface area (Å²) in [4.78, 5) is 8.51. The summed E-state index contributed by atoms with van der Waals surface area (Å²) < 4.78 is 21.2. The van der Waals surface area contributed by atoms with Gasteiger partial charge in [0.2, 0.25) is 5.88 Å². The molecular formula is C19H27IN4O4. The number of pyridine rings is 1. The van der Waals surface area contributed by atoms with Crippen LogP contribution in [0.25, 0.3) is 0 Å². The summed E-state index contributed by atoms with van der Waals surface area (Å²) in [5.74, 6) is 2.48. The number of anilines is 1. The van der Waals surface area contributed by atoms with Crippen molar-refractivity contribution in [3.63, 3.8) is 0 Å². The van der Waals surface area contributed by atoms with E-state index in [1.807, 2.05) is 30.3 Å². The van der Waals surface area contributed by atoms with E-state index >= 15 is 0 Å². The van der Waals surface area contributed by atoms with Gasteiger partial charge in [0.15, 0.2) is 17.5 Å². The first kappa shape index (κ1) is 23.8. The van der Waals surface area contributed by atoms with Gasteiger partial charge >= 0.3 is 0 Å². The molecule has 1 heterocycles. The standard InChI is InChI=1S/C19H26N4O4.HI/c1-20-19(23-15-7-8-16(25-3)17(12-15)26-4)22-13-14-6-5-9-21-18(14)27-11-10-24-2;/h5-9,12H,10-11,13H2,1-4H3,(H2,20,22,23);1H. The zero-order valence-electron chi connectivity index (χ0n) is 16.5. The number of methoxy groups -OCH3 is 3. The molecule has 0 saturated carbocycles. The minimum Gasteiger partial charge on any atom is -0.493 e. The third-order valence-electron chi connectivity index (χ3n) is 3.69. The highest BCUT2D eigenvalue weighted by Gasteiger charge is 2.08. The van der Waals surface area contributed by atoms with Crippen molar-refractivity contribution < 1.29 is 18.9 Å². The van der Waals surface area contributed by atoms with E-state index in [0.717, 1.165) is 11.3 Å². The van der Waals surface area contributed by atoms with Gasteiger partial charge in [-0.25, -0.2) is 4.98 Å². The van der Waals surface area contributed by atoms with E-state index in [0.29, 0.717) is 43.1 Å². The molecule has 0 spiro atoms. The Morgan fingerprint density at radius 1 is 1.07 bits per heavy atom. The van der Waals surface area contributed by atoms with Gasteiger partial charge in [-0.05, 0) is 18.2 Å². The molecule has 1 aromatic heterocycles. The molecule has 0 aliphatic heterocycles. The summed E-state index contributed by atoms with van der Waals surface area (Å²) in [7, 11) is 6.54. The third kappa shape index (κ3) is 7.04. The molecule has 154 valence electrons. The first-order chi connectivity index (χ1) is 13.2. The minimum absolute atomic E-state index is 0. The number of hydrogen-bond donors (Lipinski definition) is 2. The van der Waals surface area contributed by atoms with Gasteiger partial charge in [-0.3, -0.25) is 4.99 Å². The number of ether oxygens (including phenoxy) is 4. The summed E-state index contributed by atoms with van der Waals surface area (Å²) in [6, 6.07) is 9.38. The zero-order valence-corrected chi connectivity index (χ0v) is 18.9. The largest absolute Gasteiger partial charge is 0.493 e. The van der Waals surface area contributed by atoms with Crippen molar-refractivity contribution in [1.82, 2.24) is 10.3 Å². The van der Waals surface area contributed by atoms with Crippen molar-refractivity contribution in [3.8, 4) is 17.4 Å². The lowest BCUT2D eigenvalue weighted by Gasteiger charge is -2.15. The van der Waals surface area contributed by atoms with E-state index in [-0.39, 0.29) is 24.0 Å². The highest BCUT2D eigenvalue weighted by atomic mass is 127. The Labute approximate surface area is 182 Å². The molecular weight excluding hydrogens is 475 g/mol. The molecule has 0 saturated heterocycles. The highest BCUT2D eigenvalue weighted by Crippen LogP contribution is 2.29. The Bertz CT molecular complexity index is 758. The predicted molar refractivity (Wildman–Crippen MR) is 120 cm³/mol. The average molecular weight is 502 g/mol. The number of rotatable bonds is 9. The maximum absolute atomic E-state index is 5.65. The molecule has 2 rings (SSSR count). The van der Waals surface area contributed by atoms with Crippen LogP contribution >= 0.6 is 24.0 Å². The Balaban J connectivity index is 0.00000392. The summed E-state index contributed by atoms with van der Waals surface area (Å²) in [6.45, 7) is 1.45. The molecule has 0 unspecified atom stereocenters. The van der Waals surface area contributed by atoms with Crippen LogP contribution in [-0.4, -0.2) is 52.5 Å². The lowest BCUT2D eigenvalue weighted by atomic mass is 10.2. The molecule has 0 amide bonds. The molecule has 1 aromatic carbocycles. The summed E-state index contributed by atoms with van der Waals surface area (Å²) in [5, 5.41) is 6.47. The van der Waals surface area contributed by atoms with Crippen LogP contribution in [0.15, 0.2) is 41.5 Å². The van der Waals surface area contributed by atoms with Crippen LogP contribution < -0.4 is 24.8 Å². The monoisotopic (exact) mass is 502 g/mol. The second kappa shape index (κ2) is 13.0. The van der Waals surface area contributed by atoms with Gasteiger partial charge in [-0.15, -0.1) is 24.0 Å². The van der Waals surface area contributed by atoms with Gasteiger partial charge < -0.3 is 29.6 Å². The van der Waals surface area contributed by atoms with Crippen LogP contribution in [0.4, 0.5) is 5.69 Å². The van der Waals surface area contributed by atoms with Crippen molar-refractivity contribution >= 4 is 35.6 Å². The quantitative estimate of drug-likeness (QED) is 0.236. The van der Waals surface area contributed by atoms with Gasteiger partial charge in [-0.2, -0.15) is 0 Å². The van der Waals surface area contributed by atoms with E-state index in [4.69, 9.17) is 18.9 Å². The average Bonchev–Trinajstić information content (AvgIpc) is 2.71. The van der Waals surface area contributed by atoms with Gasteiger partial charge in [-0.1, -0.05) is 6.07 Å². The third-order valence-corrected chi connectivity index (χ3v) is 3.69. The predicted octanol–water partition coefficient (Wildman–Crippen LogP) is 2.93. The normalized spacial score (nSPS) is 10.6. The SMILES string of the molecule is CN=C(NCc1cccnc1OCCOC)Nc1ccc(OC)c(OC)c1.I. The Morgan fingerprint density at radius 3 is 2.54 bits per heavy atom. The fraction of sp³-hybridized carbons (Fsp3) is 0.368. The van der Waals surface area contributed by atoms with Crippen LogP contribution in [0.2, 0.25) is 0 Å². The maximum Gasteiger partial charge on any atom is 0.218 e. The summed E-state index contributed by atoms with van der Waals surface area (Å²) in [5.41, 5.74) is 1.74. The van der Waals surface area contributed by atoms with Crippen molar-refractivity contribution in [2.45, 2.75) is 6.54 Å². The molecule has 0 fully saturated rings. The number of nitrogens with one attached hydrogen (secondary N) is 2. The van der Waals surface area contributed by atoms with Gasteiger partial charge in [0, 0.05) is 44.2 Å². The maximum atomic E-state index is 5.65. The second-order valence-electron chi connectivity index (χ2n) is 5.43. The van der Waals surface area contributed by atoms with E-state index in [2.05, 4.69) is 20.6 Å². The number of halogens is 1. The molecule has 8 nitrogen and oxygen atoms in total. The molecule has 0 atom stereocenters. The smallest absolute Gasteiger partial charge is 0.218 e. The van der Waals surface area contributed by atoms with Gasteiger partial charge in [0.05, 0.1) is 20.8 Å². The van der Waals surface area contributed by atoms with Gasteiger partial charge in [0.1, 0.15) is 6.61 Å². The number of aliphatic imine (C=N–C) groups is 1. The number of hydrogen-bond acceptors (Lipinski definition) is 6. The molecule has 0 aliphatic carbocycles. The topological polar surface area (TPSA) is 86.2 Å². The fourth-order valence-corrected chi connectivity index (χ4v) is 2.32. The van der Waals surface area contributed by atoms with E-state index in [1.165, 1.54) is 0 Å². The van der Waals surface area contributed by atoms with Crippen LogP contribution in [0, 0.1) is 0 Å². The number of guanidine groups is 1. The Hall–Kier alpha value is -2.27. The number of nitrogens with zero attached hydrogens (tertiary/aromatic N) is 2. The van der Waals surface area contributed by atoms with Crippen molar-refractivity contribution in [1.29, 1.82) is 0 Å². The van der Waals surface area contributed by atoms with E-state index < -0.39 is 0 Å². The lowest BCUT2D eigenvalue weighted by Crippen LogP contribution is -2.30. The summed E-state index contributed by atoms with van der Waals surface area (Å²) >= 11 is 0. The number of benzene rings is 1. The van der Waals surface area contributed by atoms with Crippen molar-refractivity contribution in [3.05, 3.63) is 42.1 Å². The fourth-order valence-electron chi connectivity index (χ4n) is 2.32. The molecule has 0 aliphatic rings. The van der Waals surface area contributed by atoms with Crippen LogP contribution in [0.3, 0.4) is 0 Å². The van der Waals surface area contributed by atoms with Gasteiger partial charge in [0.25, 0.3) is 0 Å². The van der Waals surface area contributed by atoms with Crippen LogP contribution in [-0.2, 0) is 11.3 Å². The first-order valence-electron chi connectivity index (χ1n) is 8.47. The first-order valence-corrected chi connectivity index (χ1v) is 8.47. The Morgan fingerprint density at radius 2 is 1.86 bits per heavy atom.